The maximum absolute atomic E-state index is 6.20. The molecule has 0 spiro atoms. The second kappa shape index (κ2) is 6.10. The van der Waals surface area contributed by atoms with Gasteiger partial charge in [-0.05, 0) is 36.0 Å². The molecule has 0 fully saturated rings. The van der Waals surface area contributed by atoms with Crippen LogP contribution in [0, 0.1) is 0 Å². The third-order valence-electron chi connectivity index (χ3n) is 2.20. The Labute approximate surface area is 110 Å². The summed E-state index contributed by atoms with van der Waals surface area (Å²) in [5, 5.41) is 4.64. The van der Waals surface area contributed by atoms with Crippen LogP contribution in [0.3, 0.4) is 0 Å². The van der Waals surface area contributed by atoms with Gasteiger partial charge in [-0.25, -0.2) is 4.98 Å². The van der Waals surface area contributed by atoms with Crippen LogP contribution in [-0.2, 0) is 6.54 Å². The molecular formula is C12H13ClN2OS. The third kappa shape index (κ3) is 3.49. The van der Waals surface area contributed by atoms with Crippen LogP contribution in [0.25, 0.3) is 0 Å². The summed E-state index contributed by atoms with van der Waals surface area (Å²) in [7, 11) is 0. The second-order valence-corrected chi connectivity index (χ2v) is 4.87. The SMILES string of the molecule is CCNCc1ccc(Sc2ncco2)cc1Cl. The summed E-state index contributed by atoms with van der Waals surface area (Å²) in [4.78, 5) is 5.08. The van der Waals surface area contributed by atoms with E-state index in [-0.39, 0.29) is 0 Å². The average molecular weight is 269 g/mol. The van der Waals surface area contributed by atoms with Crippen molar-refractivity contribution in [2.24, 2.45) is 0 Å². The van der Waals surface area contributed by atoms with Crippen molar-refractivity contribution in [2.45, 2.75) is 23.6 Å². The lowest BCUT2D eigenvalue weighted by molar-refractivity contribution is 0.454. The van der Waals surface area contributed by atoms with Crippen molar-refractivity contribution in [3.05, 3.63) is 41.2 Å². The number of nitrogens with one attached hydrogen (secondary N) is 1. The van der Waals surface area contributed by atoms with E-state index in [1.165, 1.54) is 11.8 Å². The maximum Gasteiger partial charge on any atom is 0.260 e. The van der Waals surface area contributed by atoms with Crippen LogP contribution in [0.4, 0.5) is 0 Å². The van der Waals surface area contributed by atoms with E-state index in [1.54, 1.807) is 12.5 Å². The molecule has 0 aliphatic heterocycles. The molecule has 17 heavy (non-hydrogen) atoms. The van der Waals surface area contributed by atoms with Gasteiger partial charge in [-0.15, -0.1) is 0 Å². The molecule has 3 nitrogen and oxygen atoms in total. The molecule has 0 unspecified atom stereocenters. The molecule has 90 valence electrons. The van der Waals surface area contributed by atoms with Gasteiger partial charge in [0.25, 0.3) is 5.22 Å². The quantitative estimate of drug-likeness (QED) is 0.899. The fourth-order valence-electron chi connectivity index (χ4n) is 1.36. The van der Waals surface area contributed by atoms with Crippen molar-refractivity contribution >= 4 is 23.4 Å². The summed E-state index contributed by atoms with van der Waals surface area (Å²) in [6.45, 7) is 3.79. The molecule has 0 aliphatic carbocycles. The first-order valence-electron chi connectivity index (χ1n) is 5.36. The first kappa shape index (κ1) is 12.5. The monoisotopic (exact) mass is 268 g/mol. The molecule has 1 heterocycles. The molecule has 0 aliphatic rings. The predicted molar refractivity (Wildman–Crippen MR) is 69.5 cm³/mol. The molecular weight excluding hydrogens is 256 g/mol. The molecule has 0 radical (unpaired) electrons. The molecule has 0 saturated carbocycles. The van der Waals surface area contributed by atoms with Crippen molar-refractivity contribution in [1.82, 2.24) is 10.3 Å². The zero-order valence-electron chi connectivity index (χ0n) is 9.44. The van der Waals surface area contributed by atoms with Gasteiger partial charge < -0.3 is 9.73 Å². The molecule has 1 aromatic heterocycles. The average Bonchev–Trinajstić information content (AvgIpc) is 2.81. The van der Waals surface area contributed by atoms with E-state index in [9.17, 15) is 0 Å². The Hall–Kier alpha value is -0.970. The summed E-state index contributed by atoms with van der Waals surface area (Å²) < 4.78 is 5.17. The van der Waals surface area contributed by atoms with E-state index in [4.69, 9.17) is 16.0 Å². The Kier molecular flexibility index (Phi) is 4.48. The fourth-order valence-corrected chi connectivity index (χ4v) is 2.40. The van der Waals surface area contributed by atoms with Crippen molar-refractivity contribution in [3.8, 4) is 0 Å². The molecule has 0 amide bonds. The number of oxazole rings is 1. The number of aromatic nitrogens is 1. The highest BCUT2D eigenvalue weighted by molar-refractivity contribution is 7.99. The Balaban J connectivity index is 2.08. The number of hydrogen-bond acceptors (Lipinski definition) is 4. The molecule has 0 bridgehead atoms. The lowest BCUT2D eigenvalue weighted by Crippen LogP contribution is -2.11. The molecule has 2 rings (SSSR count). The predicted octanol–water partition coefficient (Wildman–Crippen LogP) is 3.59. The number of nitrogens with zero attached hydrogens (tertiary/aromatic N) is 1. The van der Waals surface area contributed by atoms with Gasteiger partial charge in [0.05, 0.1) is 6.20 Å². The topological polar surface area (TPSA) is 38.1 Å². The van der Waals surface area contributed by atoms with Gasteiger partial charge in [0.2, 0.25) is 0 Å². The molecule has 1 N–H and O–H groups in total. The van der Waals surface area contributed by atoms with Gasteiger partial charge in [-0.3, -0.25) is 0 Å². The first-order chi connectivity index (χ1) is 8.29. The van der Waals surface area contributed by atoms with Gasteiger partial charge in [0.1, 0.15) is 6.26 Å². The molecule has 1 aromatic carbocycles. The minimum Gasteiger partial charge on any atom is -0.440 e. The van der Waals surface area contributed by atoms with Crippen molar-refractivity contribution in [3.63, 3.8) is 0 Å². The van der Waals surface area contributed by atoms with Gasteiger partial charge >= 0.3 is 0 Å². The number of hydrogen-bond donors (Lipinski definition) is 1. The summed E-state index contributed by atoms with van der Waals surface area (Å²) in [5.74, 6) is 0. The molecule has 2 aromatic rings. The van der Waals surface area contributed by atoms with Crippen molar-refractivity contribution in [1.29, 1.82) is 0 Å². The maximum atomic E-state index is 6.20. The molecule has 0 atom stereocenters. The van der Waals surface area contributed by atoms with E-state index >= 15 is 0 Å². The highest BCUT2D eigenvalue weighted by atomic mass is 35.5. The van der Waals surface area contributed by atoms with Crippen LogP contribution in [0.1, 0.15) is 12.5 Å². The van der Waals surface area contributed by atoms with Crippen LogP contribution in [0.5, 0.6) is 0 Å². The van der Waals surface area contributed by atoms with Crippen LogP contribution in [0.15, 0.2) is 45.2 Å². The zero-order valence-corrected chi connectivity index (χ0v) is 11.0. The smallest absolute Gasteiger partial charge is 0.260 e. The third-order valence-corrected chi connectivity index (χ3v) is 3.42. The molecule has 5 heteroatoms. The van der Waals surface area contributed by atoms with Crippen molar-refractivity contribution < 1.29 is 4.42 Å². The largest absolute Gasteiger partial charge is 0.440 e. The van der Waals surface area contributed by atoms with Crippen molar-refractivity contribution in [2.75, 3.05) is 6.54 Å². The van der Waals surface area contributed by atoms with E-state index in [0.29, 0.717) is 5.22 Å². The number of halogens is 1. The lowest BCUT2D eigenvalue weighted by Gasteiger charge is -2.06. The Morgan fingerprint density at radius 3 is 3.00 bits per heavy atom. The van der Waals surface area contributed by atoms with Crippen LogP contribution in [0.2, 0.25) is 5.02 Å². The summed E-state index contributed by atoms with van der Waals surface area (Å²) in [6.07, 6.45) is 3.19. The van der Waals surface area contributed by atoms with Crippen LogP contribution in [-0.4, -0.2) is 11.5 Å². The van der Waals surface area contributed by atoms with Gasteiger partial charge in [0, 0.05) is 16.5 Å². The van der Waals surface area contributed by atoms with E-state index in [1.807, 2.05) is 18.2 Å². The standard InChI is InChI=1S/C12H13ClN2OS/c1-2-14-8-9-3-4-10(7-11(9)13)17-12-15-5-6-16-12/h3-7,14H,2,8H2,1H3. The van der Waals surface area contributed by atoms with Gasteiger partial charge in [0.15, 0.2) is 0 Å². The lowest BCUT2D eigenvalue weighted by atomic mass is 10.2. The fraction of sp³-hybridized carbons (Fsp3) is 0.250. The van der Waals surface area contributed by atoms with E-state index in [0.717, 1.165) is 28.6 Å². The Bertz CT molecular complexity index is 473. The highest BCUT2D eigenvalue weighted by Crippen LogP contribution is 2.29. The van der Waals surface area contributed by atoms with Gasteiger partial charge in [-0.2, -0.15) is 0 Å². The number of rotatable bonds is 5. The summed E-state index contributed by atoms with van der Waals surface area (Å²) in [6, 6.07) is 5.98. The van der Waals surface area contributed by atoms with Crippen LogP contribution < -0.4 is 5.32 Å². The van der Waals surface area contributed by atoms with E-state index in [2.05, 4.69) is 17.2 Å². The first-order valence-corrected chi connectivity index (χ1v) is 6.55. The summed E-state index contributed by atoms with van der Waals surface area (Å²) >= 11 is 7.66. The van der Waals surface area contributed by atoms with Gasteiger partial charge in [-0.1, -0.05) is 24.6 Å². The van der Waals surface area contributed by atoms with Crippen LogP contribution >= 0.6 is 23.4 Å². The summed E-state index contributed by atoms with van der Waals surface area (Å²) in [5.41, 5.74) is 1.10. The molecule has 0 saturated heterocycles. The minimum atomic E-state index is 0.625. The minimum absolute atomic E-state index is 0.625. The normalized spacial score (nSPS) is 10.7. The number of benzene rings is 1. The highest BCUT2D eigenvalue weighted by Gasteiger charge is 2.05. The second-order valence-electron chi connectivity index (χ2n) is 3.43. The Morgan fingerprint density at radius 2 is 2.35 bits per heavy atom. The zero-order chi connectivity index (χ0) is 12.1. The Morgan fingerprint density at radius 1 is 1.47 bits per heavy atom. The van der Waals surface area contributed by atoms with E-state index < -0.39 is 0 Å².